The van der Waals surface area contributed by atoms with Gasteiger partial charge in [-0.15, -0.1) is 11.3 Å². The van der Waals surface area contributed by atoms with Crippen LogP contribution >= 0.6 is 11.3 Å². The van der Waals surface area contributed by atoms with E-state index in [4.69, 9.17) is 9.47 Å². The molecule has 0 aliphatic carbocycles. The van der Waals surface area contributed by atoms with E-state index in [1.807, 2.05) is 41.5 Å². The van der Waals surface area contributed by atoms with Gasteiger partial charge in [0.2, 0.25) is 0 Å². The predicted molar refractivity (Wildman–Crippen MR) is 91.6 cm³/mol. The van der Waals surface area contributed by atoms with Gasteiger partial charge in [0.05, 0.1) is 25.1 Å². The van der Waals surface area contributed by atoms with Crippen LogP contribution in [0.15, 0.2) is 29.6 Å². The van der Waals surface area contributed by atoms with Gasteiger partial charge in [0.15, 0.2) is 0 Å². The Kier molecular flexibility index (Phi) is 4.57. The Bertz CT molecular complexity index is 710. The maximum Gasteiger partial charge on any atom is 0.264 e. The fraction of sp³-hybridized carbons (Fsp3) is 0.389. The molecule has 0 radical (unpaired) electrons. The van der Waals surface area contributed by atoms with E-state index in [2.05, 4.69) is 0 Å². The monoisotopic (exact) mass is 331 g/mol. The van der Waals surface area contributed by atoms with Gasteiger partial charge in [-0.25, -0.2) is 0 Å². The molecule has 1 saturated heterocycles. The highest BCUT2D eigenvalue weighted by atomic mass is 32.1. The summed E-state index contributed by atoms with van der Waals surface area (Å²) in [6, 6.07) is 7.87. The molecule has 23 heavy (non-hydrogen) atoms. The Hall–Kier alpha value is -2.01. The Balaban J connectivity index is 1.93. The average Bonchev–Trinajstić information content (AvgIpc) is 3.22. The summed E-state index contributed by atoms with van der Waals surface area (Å²) in [4.78, 5) is 15.7. The summed E-state index contributed by atoms with van der Waals surface area (Å²) in [7, 11) is 3.29. The van der Waals surface area contributed by atoms with Crippen molar-refractivity contribution in [2.45, 2.75) is 25.8 Å². The molecule has 4 nitrogen and oxygen atoms in total. The summed E-state index contributed by atoms with van der Waals surface area (Å²) in [5.41, 5.74) is 2.10. The average molecular weight is 331 g/mol. The summed E-state index contributed by atoms with van der Waals surface area (Å²) in [5, 5.41) is 1.97. The van der Waals surface area contributed by atoms with Gasteiger partial charge >= 0.3 is 0 Å². The van der Waals surface area contributed by atoms with Crippen molar-refractivity contribution in [1.82, 2.24) is 4.90 Å². The second kappa shape index (κ2) is 6.62. The molecule has 1 aromatic carbocycles. The van der Waals surface area contributed by atoms with Crippen LogP contribution in [0, 0.1) is 6.92 Å². The maximum atomic E-state index is 12.9. The molecule has 3 rings (SSSR count). The van der Waals surface area contributed by atoms with Crippen LogP contribution in [0.3, 0.4) is 0 Å². The highest BCUT2D eigenvalue weighted by Crippen LogP contribution is 2.39. The van der Waals surface area contributed by atoms with E-state index in [0.29, 0.717) is 0 Å². The van der Waals surface area contributed by atoms with E-state index in [1.54, 1.807) is 14.2 Å². The van der Waals surface area contributed by atoms with Gasteiger partial charge in [-0.1, -0.05) is 0 Å². The summed E-state index contributed by atoms with van der Waals surface area (Å²) >= 11 is 1.52. The number of methoxy groups -OCH3 is 2. The number of carbonyl (C=O) groups excluding carboxylic acids is 1. The van der Waals surface area contributed by atoms with Crippen molar-refractivity contribution in [3.05, 3.63) is 45.6 Å². The molecule has 0 spiro atoms. The van der Waals surface area contributed by atoms with E-state index in [0.717, 1.165) is 46.9 Å². The Morgan fingerprint density at radius 1 is 1.26 bits per heavy atom. The second-order valence-corrected chi connectivity index (χ2v) is 6.61. The number of hydrogen-bond donors (Lipinski definition) is 0. The van der Waals surface area contributed by atoms with Crippen LogP contribution in [-0.2, 0) is 0 Å². The summed E-state index contributed by atoms with van der Waals surface area (Å²) in [6.45, 7) is 2.78. The van der Waals surface area contributed by atoms with Crippen molar-refractivity contribution >= 4 is 17.2 Å². The van der Waals surface area contributed by atoms with Crippen molar-refractivity contribution in [3.8, 4) is 11.5 Å². The van der Waals surface area contributed by atoms with E-state index in [1.165, 1.54) is 11.3 Å². The van der Waals surface area contributed by atoms with Gasteiger partial charge in [-0.2, -0.15) is 0 Å². The normalized spacial score (nSPS) is 17.3. The van der Waals surface area contributed by atoms with Crippen molar-refractivity contribution in [3.63, 3.8) is 0 Å². The van der Waals surface area contributed by atoms with E-state index in [9.17, 15) is 4.79 Å². The maximum absolute atomic E-state index is 12.9. The van der Waals surface area contributed by atoms with Crippen LogP contribution in [0.1, 0.15) is 39.7 Å². The third-order valence-electron chi connectivity index (χ3n) is 4.37. The number of nitrogens with zero attached hydrogens (tertiary/aromatic N) is 1. The fourth-order valence-corrected chi connectivity index (χ4v) is 4.03. The molecular weight excluding hydrogens is 310 g/mol. The summed E-state index contributed by atoms with van der Waals surface area (Å²) < 4.78 is 10.8. The third-order valence-corrected chi connectivity index (χ3v) is 5.37. The predicted octanol–water partition coefficient (Wildman–Crippen LogP) is 4.05. The molecule has 1 aliphatic heterocycles. The zero-order valence-corrected chi connectivity index (χ0v) is 14.5. The molecule has 0 bridgehead atoms. The molecule has 1 fully saturated rings. The zero-order chi connectivity index (χ0) is 16.4. The van der Waals surface area contributed by atoms with Gasteiger partial charge in [-0.3, -0.25) is 4.79 Å². The first-order chi connectivity index (χ1) is 11.2. The molecule has 1 amide bonds. The quantitative estimate of drug-likeness (QED) is 0.848. The number of benzene rings is 1. The van der Waals surface area contributed by atoms with Gasteiger partial charge in [0.25, 0.3) is 5.91 Å². The first-order valence-electron chi connectivity index (χ1n) is 7.72. The van der Waals surface area contributed by atoms with Crippen LogP contribution in [0.5, 0.6) is 11.5 Å². The number of hydrogen-bond acceptors (Lipinski definition) is 4. The fourth-order valence-electron chi connectivity index (χ4n) is 3.15. The van der Waals surface area contributed by atoms with E-state index < -0.39 is 0 Å². The molecule has 1 aromatic heterocycles. The molecular formula is C18H21NO3S. The van der Waals surface area contributed by atoms with Gasteiger partial charge in [0.1, 0.15) is 11.5 Å². The Morgan fingerprint density at radius 2 is 2.09 bits per heavy atom. The number of thiophene rings is 1. The topological polar surface area (TPSA) is 38.8 Å². The largest absolute Gasteiger partial charge is 0.497 e. The van der Waals surface area contributed by atoms with Crippen molar-refractivity contribution in [2.75, 3.05) is 20.8 Å². The summed E-state index contributed by atoms with van der Waals surface area (Å²) in [5.74, 6) is 1.66. The molecule has 2 heterocycles. The van der Waals surface area contributed by atoms with Crippen molar-refractivity contribution < 1.29 is 14.3 Å². The van der Waals surface area contributed by atoms with Crippen LogP contribution < -0.4 is 9.47 Å². The summed E-state index contributed by atoms with van der Waals surface area (Å²) in [6.07, 6.45) is 1.97. The highest BCUT2D eigenvalue weighted by molar-refractivity contribution is 7.12. The minimum absolute atomic E-state index is 0.0601. The Morgan fingerprint density at radius 3 is 2.74 bits per heavy atom. The minimum Gasteiger partial charge on any atom is -0.497 e. The number of ether oxygens (including phenoxy) is 2. The van der Waals surface area contributed by atoms with Crippen LogP contribution in [0.25, 0.3) is 0 Å². The molecule has 0 saturated carbocycles. The lowest BCUT2D eigenvalue weighted by Crippen LogP contribution is -2.30. The standard InChI is InChI=1S/C18H21NO3S/c1-12-8-10-23-17(12)18(20)19-9-4-5-15(19)14-7-6-13(21-2)11-16(14)22-3/h6-8,10-11,15H,4-5,9H2,1-3H3/t15-/m0/s1. The first-order valence-corrected chi connectivity index (χ1v) is 8.60. The lowest BCUT2D eigenvalue weighted by molar-refractivity contribution is 0.0738. The van der Waals surface area contributed by atoms with Crippen LogP contribution in [0.2, 0.25) is 0 Å². The van der Waals surface area contributed by atoms with Crippen LogP contribution in [-0.4, -0.2) is 31.6 Å². The van der Waals surface area contributed by atoms with Crippen molar-refractivity contribution in [1.29, 1.82) is 0 Å². The van der Waals surface area contributed by atoms with Crippen LogP contribution in [0.4, 0.5) is 0 Å². The van der Waals surface area contributed by atoms with Gasteiger partial charge in [0, 0.05) is 18.2 Å². The highest BCUT2D eigenvalue weighted by Gasteiger charge is 2.33. The molecule has 1 aliphatic rings. The first kappa shape index (κ1) is 15.9. The van der Waals surface area contributed by atoms with Gasteiger partial charge < -0.3 is 14.4 Å². The number of likely N-dealkylation sites (tertiary alicyclic amines) is 1. The molecule has 2 aromatic rings. The molecule has 0 N–H and O–H groups in total. The second-order valence-electron chi connectivity index (χ2n) is 5.70. The molecule has 0 unspecified atom stereocenters. The van der Waals surface area contributed by atoms with E-state index in [-0.39, 0.29) is 11.9 Å². The Labute approximate surface area is 140 Å². The zero-order valence-electron chi connectivity index (χ0n) is 13.7. The SMILES string of the molecule is COc1ccc([C@@H]2CCCN2C(=O)c2sccc2C)c(OC)c1. The number of carbonyl (C=O) groups is 1. The number of amides is 1. The van der Waals surface area contributed by atoms with Gasteiger partial charge in [-0.05, 0) is 48.9 Å². The lowest BCUT2D eigenvalue weighted by atomic mass is 10.0. The molecule has 5 heteroatoms. The lowest BCUT2D eigenvalue weighted by Gasteiger charge is -2.26. The number of rotatable bonds is 4. The number of aryl methyl sites for hydroxylation is 1. The third kappa shape index (κ3) is 2.93. The smallest absolute Gasteiger partial charge is 0.264 e. The molecule has 1 atom stereocenters. The molecule has 122 valence electrons. The van der Waals surface area contributed by atoms with E-state index >= 15 is 0 Å². The van der Waals surface area contributed by atoms with Crippen molar-refractivity contribution in [2.24, 2.45) is 0 Å². The minimum atomic E-state index is 0.0601.